The lowest BCUT2D eigenvalue weighted by Crippen LogP contribution is -2.04. The second-order valence-corrected chi connectivity index (χ2v) is 3.43. The monoisotopic (exact) mass is 276 g/mol. The number of nitro groups is 1. The molecule has 0 bridgehead atoms. The predicted molar refractivity (Wildman–Crippen MR) is 56.0 cm³/mol. The summed E-state index contributed by atoms with van der Waals surface area (Å²) in [7, 11) is 1.56. The Morgan fingerprint density at radius 2 is 2.33 bits per heavy atom. The van der Waals surface area contributed by atoms with Gasteiger partial charge in [0.1, 0.15) is 11.1 Å². The summed E-state index contributed by atoms with van der Waals surface area (Å²) in [4.78, 5) is 13.5. The molecule has 0 saturated heterocycles. The third-order valence-corrected chi connectivity index (χ3v) is 2.11. The van der Waals surface area contributed by atoms with Gasteiger partial charge in [-0.1, -0.05) is 0 Å². The zero-order chi connectivity index (χ0) is 11.3. The summed E-state index contributed by atoms with van der Waals surface area (Å²) in [6, 6.07) is 1.50. The Morgan fingerprint density at radius 1 is 1.60 bits per heavy atom. The highest BCUT2D eigenvalue weighted by atomic mass is 79.9. The molecule has 0 aliphatic heterocycles. The van der Waals surface area contributed by atoms with Crippen LogP contribution in [0.25, 0.3) is 0 Å². The minimum atomic E-state index is -0.566. The first-order valence-corrected chi connectivity index (χ1v) is 4.86. The number of ether oxygens (including phenoxy) is 2. The molecule has 0 unspecified atom stereocenters. The third-order valence-electron chi connectivity index (χ3n) is 1.53. The second kappa shape index (κ2) is 5.62. The number of nitrogens with zero attached hydrogens (tertiary/aromatic N) is 2. The van der Waals surface area contributed by atoms with Crippen LogP contribution in [0.15, 0.2) is 16.7 Å². The third kappa shape index (κ3) is 3.45. The Hall–Kier alpha value is -1.21. The minimum Gasteiger partial charge on any atom is -0.487 e. The van der Waals surface area contributed by atoms with Gasteiger partial charge in [0.05, 0.1) is 6.61 Å². The summed E-state index contributed by atoms with van der Waals surface area (Å²) in [5.74, 6) is 0.235. The van der Waals surface area contributed by atoms with Crippen LogP contribution in [0.1, 0.15) is 0 Å². The van der Waals surface area contributed by atoms with Gasteiger partial charge in [-0.25, -0.2) is 0 Å². The molecule has 0 N–H and O–H groups in total. The molecule has 0 spiro atoms. The van der Waals surface area contributed by atoms with E-state index in [1.807, 2.05) is 0 Å². The molecule has 82 valence electrons. The topological polar surface area (TPSA) is 74.5 Å². The van der Waals surface area contributed by atoms with E-state index < -0.39 is 4.92 Å². The average Bonchev–Trinajstić information content (AvgIpc) is 2.17. The van der Waals surface area contributed by atoms with Crippen molar-refractivity contribution in [3.63, 3.8) is 0 Å². The molecule has 0 aliphatic carbocycles. The number of pyridine rings is 1. The van der Waals surface area contributed by atoms with Crippen molar-refractivity contribution in [2.75, 3.05) is 20.3 Å². The van der Waals surface area contributed by atoms with Crippen LogP contribution in [0.3, 0.4) is 0 Å². The fourth-order valence-corrected chi connectivity index (χ4v) is 1.34. The number of aromatic nitrogens is 1. The van der Waals surface area contributed by atoms with Gasteiger partial charge in [0, 0.05) is 13.2 Å². The van der Waals surface area contributed by atoms with Crippen molar-refractivity contribution in [3.05, 3.63) is 26.9 Å². The van der Waals surface area contributed by atoms with E-state index in [4.69, 9.17) is 9.47 Å². The molecule has 15 heavy (non-hydrogen) atoms. The molecule has 1 heterocycles. The zero-order valence-corrected chi connectivity index (χ0v) is 9.56. The van der Waals surface area contributed by atoms with Crippen molar-refractivity contribution in [2.24, 2.45) is 0 Å². The molecule has 1 aromatic heterocycles. The van der Waals surface area contributed by atoms with E-state index in [9.17, 15) is 10.1 Å². The van der Waals surface area contributed by atoms with Gasteiger partial charge in [-0.3, -0.25) is 0 Å². The van der Waals surface area contributed by atoms with Crippen LogP contribution >= 0.6 is 15.9 Å². The highest BCUT2D eigenvalue weighted by Crippen LogP contribution is 2.25. The SMILES string of the molecule is COCCOc1cnc([N+](=O)[O-])c(Br)c1. The summed E-state index contributed by atoms with van der Waals surface area (Å²) in [5.41, 5.74) is 0. The van der Waals surface area contributed by atoms with Crippen molar-refractivity contribution in [1.82, 2.24) is 4.98 Å². The quantitative estimate of drug-likeness (QED) is 0.466. The van der Waals surface area contributed by atoms with E-state index in [0.717, 1.165) is 0 Å². The number of rotatable bonds is 5. The maximum absolute atomic E-state index is 10.4. The Kier molecular flexibility index (Phi) is 4.44. The molecule has 1 rings (SSSR count). The first kappa shape index (κ1) is 11.9. The van der Waals surface area contributed by atoms with Gasteiger partial charge in [-0.2, -0.15) is 0 Å². The molecule has 0 radical (unpaired) electrons. The highest BCUT2D eigenvalue weighted by molar-refractivity contribution is 9.10. The second-order valence-electron chi connectivity index (χ2n) is 2.57. The van der Waals surface area contributed by atoms with Gasteiger partial charge < -0.3 is 19.6 Å². The van der Waals surface area contributed by atoms with E-state index in [1.165, 1.54) is 12.3 Å². The summed E-state index contributed by atoms with van der Waals surface area (Å²) in [6.45, 7) is 0.830. The maximum atomic E-state index is 10.4. The summed E-state index contributed by atoms with van der Waals surface area (Å²) < 4.78 is 10.3. The smallest absolute Gasteiger partial charge is 0.378 e. The fourth-order valence-electron chi connectivity index (χ4n) is 0.869. The van der Waals surface area contributed by atoms with Crippen molar-refractivity contribution in [2.45, 2.75) is 0 Å². The van der Waals surface area contributed by atoms with Crippen molar-refractivity contribution >= 4 is 21.7 Å². The van der Waals surface area contributed by atoms with Crippen LogP contribution in [0.2, 0.25) is 0 Å². The molecular formula is C8H9BrN2O4. The molecule has 1 aromatic rings. The molecule has 6 nitrogen and oxygen atoms in total. The van der Waals surface area contributed by atoms with E-state index in [2.05, 4.69) is 20.9 Å². The van der Waals surface area contributed by atoms with Crippen LogP contribution in [0.4, 0.5) is 5.82 Å². The van der Waals surface area contributed by atoms with Crippen molar-refractivity contribution in [1.29, 1.82) is 0 Å². The lowest BCUT2D eigenvalue weighted by atomic mass is 10.4. The zero-order valence-electron chi connectivity index (χ0n) is 7.97. The molecular weight excluding hydrogens is 268 g/mol. The molecule has 0 saturated carbocycles. The van der Waals surface area contributed by atoms with Gasteiger partial charge >= 0.3 is 5.82 Å². The predicted octanol–water partition coefficient (Wildman–Crippen LogP) is 1.78. The number of methoxy groups -OCH3 is 1. The van der Waals surface area contributed by atoms with Crippen molar-refractivity contribution < 1.29 is 14.4 Å². The maximum Gasteiger partial charge on any atom is 0.378 e. The van der Waals surface area contributed by atoms with E-state index in [-0.39, 0.29) is 5.82 Å². The summed E-state index contributed by atoms with van der Waals surface area (Å²) >= 11 is 3.04. The number of halogens is 1. The Bertz CT molecular complexity index is 358. The Balaban J connectivity index is 2.69. The lowest BCUT2D eigenvalue weighted by molar-refractivity contribution is -0.390. The van der Waals surface area contributed by atoms with Crippen LogP contribution < -0.4 is 4.74 Å². The molecule has 7 heteroatoms. The summed E-state index contributed by atoms with van der Waals surface area (Å²) in [6.07, 6.45) is 1.30. The fraction of sp³-hybridized carbons (Fsp3) is 0.375. The normalized spacial score (nSPS) is 10.0. The molecule has 0 amide bonds. The van der Waals surface area contributed by atoms with Gasteiger partial charge in [0.25, 0.3) is 0 Å². The average molecular weight is 277 g/mol. The van der Waals surface area contributed by atoms with E-state index in [1.54, 1.807) is 7.11 Å². The summed E-state index contributed by atoms with van der Waals surface area (Å²) in [5, 5.41) is 10.4. The first-order valence-electron chi connectivity index (χ1n) is 4.07. The lowest BCUT2D eigenvalue weighted by Gasteiger charge is -2.03. The van der Waals surface area contributed by atoms with Gasteiger partial charge in [-0.15, -0.1) is 0 Å². The van der Waals surface area contributed by atoms with Crippen LogP contribution in [0.5, 0.6) is 5.75 Å². The molecule has 0 aromatic carbocycles. The number of hydrogen-bond acceptors (Lipinski definition) is 5. The standard InChI is InChI=1S/C8H9BrN2O4/c1-14-2-3-15-6-4-7(9)8(10-5-6)11(12)13/h4-5H,2-3H2,1H3. The van der Waals surface area contributed by atoms with Gasteiger partial charge in [-0.05, 0) is 25.8 Å². The Labute approximate surface area is 94.5 Å². The van der Waals surface area contributed by atoms with Crippen LogP contribution in [-0.2, 0) is 4.74 Å². The van der Waals surface area contributed by atoms with Crippen LogP contribution in [-0.4, -0.2) is 30.2 Å². The van der Waals surface area contributed by atoms with Crippen LogP contribution in [0, 0.1) is 10.1 Å². The first-order chi connectivity index (χ1) is 7.15. The number of hydrogen-bond donors (Lipinski definition) is 0. The highest BCUT2D eigenvalue weighted by Gasteiger charge is 2.14. The van der Waals surface area contributed by atoms with Gasteiger partial charge in [0.15, 0.2) is 11.9 Å². The molecule has 0 fully saturated rings. The van der Waals surface area contributed by atoms with E-state index >= 15 is 0 Å². The molecule has 0 aliphatic rings. The van der Waals surface area contributed by atoms with Gasteiger partial charge in [0.2, 0.25) is 0 Å². The van der Waals surface area contributed by atoms with E-state index in [0.29, 0.717) is 23.4 Å². The van der Waals surface area contributed by atoms with Crippen molar-refractivity contribution in [3.8, 4) is 5.75 Å². The Morgan fingerprint density at radius 3 is 2.87 bits per heavy atom. The largest absolute Gasteiger partial charge is 0.487 e. The minimum absolute atomic E-state index is 0.228. The molecule has 0 atom stereocenters.